The zero-order chi connectivity index (χ0) is 5.98. The fourth-order valence-corrected chi connectivity index (χ4v) is 1.99. The fourth-order valence-electron chi connectivity index (χ4n) is 0.628. The molecule has 4 heteroatoms. The number of nitrogens with two attached hydrogens (primary N) is 1. The summed E-state index contributed by atoms with van der Waals surface area (Å²) in [5, 5.41) is 3.59. The second-order valence-electron chi connectivity index (χ2n) is 1.72. The highest BCUT2D eigenvalue weighted by Gasteiger charge is 2.20. The van der Waals surface area contributed by atoms with Gasteiger partial charge in [-0.2, -0.15) is 0 Å². The van der Waals surface area contributed by atoms with E-state index in [-0.39, 0.29) is 4.83 Å². The van der Waals surface area contributed by atoms with Crippen molar-refractivity contribution in [3.63, 3.8) is 0 Å². The van der Waals surface area contributed by atoms with Gasteiger partial charge in [-0.05, 0) is 0 Å². The van der Waals surface area contributed by atoms with Crippen LogP contribution in [0.25, 0.3) is 0 Å². The van der Waals surface area contributed by atoms with Crippen LogP contribution < -0.4 is 11.1 Å². The van der Waals surface area contributed by atoms with Crippen LogP contribution in [0.3, 0.4) is 0 Å². The van der Waals surface area contributed by atoms with Gasteiger partial charge in [-0.15, -0.1) is 11.8 Å². The van der Waals surface area contributed by atoms with E-state index in [0.717, 1.165) is 13.1 Å². The van der Waals surface area contributed by atoms with Crippen LogP contribution in [0.4, 0.5) is 0 Å². The molecule has 0 amide bonds. The van der Waals surface area contributed by atoms with E-state index in [1.54, 1.807) is 11.8 Å². The summed E-state index contributed by atoms with van der Waals surface area (Å²) in [6, 6.07) is 0. The molecule has 0 saturated carbocycles. The quantitative estimate of drug-likeness (QED) is 0.416. The molecule has 2 atom stereocenters. The van der Waals surface area contributed by atoms with Crippen molar-refractivity contribution in [3.05, 3.63) is 0 Å². The molecule has 1 saturated heterocycles. The van der Waals surface area contributed by atoms with Crippen molar-refractivity contribution in [2.45, 2.75) is 10.1 Å². The lowest BCUT2D eigenvalue weighted by molar-refractivity contribution is 0.758. The van der Waals surface area contributed by atoms with Crippen molar-refractivity contribution >= 4 is 23.4 Å². The first kappa shape index (κ1) is 6.68. The molecule has 0 aliphatic carbocycles. The van der Waals surface area contributed by atoms with E-state index in [1.807, 2.05) is 0 Å². The van der Waals surface area contributed by atoms with Crippen LogP contribution in [-0.2, 0) is 0 Å². The number of nitrogens with one attached hydrogen (secondary N) is 1. The first-order valence-corrected chi connectivity index (χ1v) is 3.94. The molecule has 2 unspecified atom stereocenters. The van der Waals surface area contributed by atoms with Crippen molar-refractivity contribution in [1.29, 1.82) is 0 Å². The van der Waals surface area contributed by atoms with Gasteiger partial charge in [-0.25, -0.2) is 0 Å². The van der Waals surface area contributed by atoms with Gasteiger partial charge in [0, 0.05) is 18.3 Å². The maximum absolute atomic E-state index is 5.68. The zero-order valence-electron chi connectivity index (χ0n) is 4.43. The van der Waals surface area contributed by atoms with Gasteiger partial charge in [0.2, 0.25) is 0 Å². The maximum Gasteiger partial charge on any atom is 0.130 e. The Morgan fingerprint density at radius 3 is 2.88 bits per heavy atom. The lowest BCUT2D eigenvalue weighted by Gasteiger charge is -1.99. The van der Waals surface area contributed by atoms with Gasteiger partial charge < -0.3 is 5.73 Å². The van der Waals surface area contributed by atoms with Crippen LogP contribution in [-0.4, -0.2) is 23.2 Å². The van der Waals surface area contributed by atoms with Crippen LogP contribution >= 0.6 is 23.4 Å². The van der Waals surface area contributed by atoms with E-state index < -0.39 is 0 Å². The van der Waals surface area contributed by atoms with Gasteiger partial charge >= 0.3 is 0 Å². The number of hydrogen-bond donors (Lipinski definition) is 2. The Kier molecular flexibility index (Phi) is 2.43. The van der Waals surface area contributed by atoms with Gasteiger partial charge in [0.05, 0.1) is 0 Å². The van der Waals surface area contributed by atoms with Crippen molar-refractivity contribution in [2.75, 3.05) is 13.1 Å². The van der Waals surface area contributed by atoms with Crippen molar-refractivity contribution in [3.8, 4) is 0 Å². The van der Waals surface area contributed by atoms with Crippen LogP contribution in [0.5, 0.6) is 0 Å². The Balaban J connectivity index is 2.22. The largest absolute Gasteiger partial charge is 0.329 e. The molecular formula is C4H9ClN2S. The van der Waals surface area contributed by atoms with Crippen LogP contribution in [0.2, 0.25) is 0 Å². The second-order valence-corrected chi connectivity index (χ2v) is 3.82. The molecule has 1 fully saturated rings. The molecule has 1 aliphatic rings. The Hall–Kier alpha value is 0.560. The Morgan fingerprint density at radius 2 is 2.62 bits per heavy atom. The predicted octanol–water partition coefficient (Wildman–Crippen LogP) is 0.172. The molecule has 1 heterocycles. The SMILES string of the molecule is NCC1CNC(Cl)S1. The molecule has 0 aromatic carbocycles. The van der Waals surface area contributed by atoms with Gasteiger partial charge in [0.25, 0.3) is 0 Å². The lowest BCUT2D eigenvalue weighted by Crippen LogP contribution is -2.21. The van der Waals surface area contributed by atoms with Crippen LogP contribution in [0.1, 0.15) is 0 Å². The molecular weight excluding hydrogens is 144 g/mol. The fraction of sp³-hybridized carbons (Fsp3) is 1.00. The molecule has 48 valence electrons. The van der Waals surface area contributed by atoms with Crippen molar-refractivity contribution in [2.24, 2.45) is 5.73 Å². The first-order valence-electron chi connectivity index (χ1n) is 2.56. The van der Waals surface area contributed by atoms with Crippen LogP contribution in [0.15, 0.2) is 0 Å². The molecule has 1 rings (SSSR count). The summed E-state index contributed by atoms with van der Waals surface area (Å²) in [5.41, 5.74) is 5.38. The van der Waals surface area contributed by atoms with Gasteiger partial charge in [0.15, 0.2) is 0 Å². The third-order valence-corrected chi connectivity index (χ3v) is 2.69. The molecule has 0 bridgehead atoms. The van der Waals surface area contributed by atoms with E-state index in [0.29, 0.717) is 5.25 Å². The lowest BCUT2D eigenvalue weighted by atomic mass is 10.4. The smallest absolute Gasteiger partial charge is 0.130 e. The van der Waals surface area contributed by atoms with E-state index in [4.69, 9.17) is 17.3 Å². The minimum atomic E-state index is 0.0866. The molecule has 0 spiro atoms. The molecule has 0 aromatic heterocycles. The highest BCUT2D eigenvalue weighted by molar-refractivity contribution is 8.01. The highest BCUT2D eigenvalue weighted by atomic mass is 35.5. The molecule has 3 N–H and O–H groups in total. The third-order valence-electron chi connectivity index (χ3n) is 1.08. The highest BCUT2D eigenvalue weighted by Crippen LogP contribution is 2.23. The number of alkyl halides is 1. The Bertz CT molecular complexity index is 80.4. The van der Waals surface area contributed by atoms with E-state index in [1.165, 1.54) is 0 Å². The minimum Gasteiger partial charge on any atom is -0.329 e. The molecule has 0 radical (unpaired) electrons. The number of thioether (sulfide) groups is 1. The number of rotatable bonds is 1. The summed E-state index contributed by atoms with van der Waals surface area (Å²) in [7, 11) is 0. The Morgan fingerprint density at radius 1 is 1.88 bits per heavy atom. The number of hydrogen-bond acceptors (Lipinski definition) is 3. The first-order chi connectivity index (χ1) is 3.83. The zero-order valence-corrected chi connectivity index (χ0v) is 6.00. The standard InChI is InChI=1S/C4H9ClN2S/c5-4-7-2-3(1-6)8-4/h3-4,7H,1-2,6H2. The molecule has 8 heavy (non-hydrogen) atoms. The normalized spacial score (nSPS) is 38.2. The maximum atomic E-state index is 5.68. The summed E-state index contributed by atoms with van der Waals surface area (Å²) in [5.74, 6) is 0. The van der Waals surface area contributed by atoms with E-state index >= 15 is 0 Å². The second kappa shape index (κ2) is 2.92. The Labute approximate surface area is 58.1 Å². The average Bonchev–Trinajstić information content (AvgIpc) is 2.14. The summed E-state index contributed by atoms with van der Waals surface area (Å²) >= 11 is 7.38. The third kappa shape index (κ3) is 1.52. The monoisotopic (exact) mass is 152 g/mol. The topological polar surface area (TPSA) is 38.0 Å². The summed E-state index contributed by atoms with van der Waals surface area (Å²) in [4.78, 5) is 0.0866. The summed E-state index contributed by atoms with van der Waals surface area (Å²) in [6.07, 6.45) is 0. The summed E-state index contributed by atoms with van der Waals surface area (Å²) in [6.45, 7) is 1.68. The van der Waals surface area contributed by atoms with Gasteiger partial charge in [-0.1, -0.05) is 11.6 Å². The van der Waals surface area contributed by atoms with Gasteiger partial charge in [0.1, 0.15) is 4.83 Å². The predicted molar refractivity (Wildman–Crippen MR) is 38.1 cm³/mol. The molecule has 0 aromatic rings. The van der Waals surface area contributed by atoms with Crippen molar-refractivity contribution in [1.82, 2.24) is 5.32 Å². The number of halogens is 1. The van der Waals surface area contributed by atoms with E-state index in [2.05, 4.69) is 5.32 Å². The minimum absolute atomic E-state index is 0.0866. The van der Waals surface area contributed by atoms with E-state index in [9.17, 15) is 0 Å². The summed E-state index contributed by atoms with van der Waals surface area (Å²) < 4.78 is 0. The molecule has 1 aliphatic heterocycles. The average molecular weight is 153 g/mol. The van der Waals surface area contributed by atoms with Crippen LogP contribution in [0, 0.1) is 0 Å². The van der Waals surface area contributed by atoms with Gasteiger partial charge in [-0.3, -0.25) is 5.32 Å². The van der Waals surface area contributed by atoms with Crippen molar-refractivity contribution < 1.29 is 0 Å². The molecule has 2 nitrogen and oxygen atoms in total.